The topological polar surface area (TPSA) is 140 Å². The average Bonchev–Trinajstić information content (AvgIpc) is 2.65. The molecular formula is C17H10ClF3N6O3. The van der Waals surface area contributed by atoms with Gasteiger partial charge in [0.25, 0.3) is 11.1 Å². The Labute approximate surface area is 170 Å². The second-order valence-corrected chi connectivity index (χ2v) is 6.30. The third-order valence-electron chi connectivity index (χ3n) is 3.72. The zero-order valence-electron chi connectivity index (χ0n) is 14.7. The van der Waals surface area contributed by atoms with Gasteiger partial charge in [-0.2, -0.15) is 18.4 Å². The van der Waals surface area contributed by atoms with Crippen molar-refractivity contribution in [2.24, 2.45) is 0 Å². The van der Waals surface area contributed by atoms with E-state index in [1.54, 1.807) is 6.07 Å². The number of aromatic amines is 1. The van der Waals surface area contributed by atoms with E-state index in [0.29, 0.717) is 6.33 Å². The molecule has 0 aliphatic rings. The minimum absolute atomic E-state index is 0.00903. The number of nitrogens with two attached hydrogens (primary N) is 1. The Hall–Kier alpha value is -3.85. The van der Waals surface area contributed by atoms with Gasteiger partial charge in [-0.15, -0.1) is 0 Å². The fraction of sp³-hybridized carbons (Fsp3) is 0.118. The molecule has 0 saturated heterocycles. The van der Waals surface area contributed by atoms with Crippen LogP contribution in [-0.2, 0) is 12.7 Å². The molecule has 13 heteroatoms. The highest BCUT2D eigenvalue weighted by atomic mass is 35.5. The van der Waals surface area contributed by atoms with Crippen molar-refractivity contribution in [3.8, 4) is 17.6 Å². The molecule has 0 spiro atoms. The molecule has 3 rings (SSSR count). The molecule has 30 heavy (non-hydrogen) atoms. The number of halogens is 4. The number of aromatic nitrogens is 4. The maximum atomic E-state index is 13.4. The fourth-order valence-electron chi connectivity index (χ4n) is 2.41. The first-order valence-electron chi connectivity index (χ1n) is 7.97. The van der Waals surface area contributed by atoms with Crippen LogP contribution in [0.2, 0.25) is 5.02 Å². The molecule has 0 unspecified atom stereocenters. The summed E-state index contributed by atoms with van der Waals surface area (Å²) in [6.07, 6.45) is -3.30. The summed E-state index contributed by atoms with van der Waals surface area (Å²) in [6, 6.07) is 5.27. The van der Waals surface area contributed by atoms with Gasteiger partial charge < -0.3 is 10.5 Å². The number of alkyl halides is 3. The van der Waals surface area contributed by atoms with Crippen LogP contribution in [0.3, 0.4) is 0 Å². The third kappa shape index (κ3) is 4.41. The zero-order chi connectivity index (χ0) is 22.1. The van der Waals surface area contributed by atoms with E-state index in [4.69, 9.17) is 27.3 Å². The molecule has 3 N–H and O–H groups in total. The summed E-state index contributed by atoms with van der Waals surface area (Å²) < 4.78 is 46.0. The summed E-state index contributed by atoms with van der Waals surface area (Å²) in [6.45, 7) is -0.443. The molecule has 2 aromatic heterocycles. The van der Waals surface area contributed by atoms with Crippen LogP contribution >= 0.6 is 11.6 Å². The minimum Gasteiger partial charge on any atom is -0.449 e. The van der Waals surface area contributed by atoms with Crippen LogP contribution in [0.15, 0.2) is 40.3 Å². The van der Waals surface area contributed by atoms with Gasteiger partial charge in [0, 0.05) is 11.2 Å². The normalized spacial score (nSPS) is 11.2. The molecule has 154 valence electrons. The van der Waals surface area contributed by atoms with Crippen LogP contribution in [0.25, 0.3) is 0 Å². The van der Waals surface area contributed by atoms with E-state index in [-0.39, 0.29) is 27.8 Å². The summed E-state index contributed by atoms with van der Waals surface area (Å²) in [7, 11) is 0. The Bertz CT molecular complexity index is 1280. The Morgan fingerprint density at radius 1 is 1.27 bits per heavy atom. The van der Waals surface area contributed by atoms with Crippen LogP contribution in [0.4, 0.5) is 19.1 Å². The van der Waals surface area contributed by atoms with Gasteiger partial charge in [0.15, 0.2) is 11.6 Å². The second kappa shape index (κ2) is 7.88. The molecule has 2 heterocycles. The summed E-state index contributed by atoms with van der Waals surface area (Å²) in [5.74, 6) is -1.58. The van der Waals surface area contributed by atoms with Crippen LogP contribution in [0, 0.1) is 11.3 Å². The summed E-state index contributed by atoms with van der Waals surface area (Å²) in [5, 5.41) is 8.99. The van der Waals surface area contributed by atoms with E-state index >= 15 is 0 Å². The molecule has 9 nitrogen and oxygen atoms in total. The van der Waals surface area contributed by atoms with Crippen molar-refractivity contribution < 1.29 is 17.9 Å². The lowest BCUT2D eigenvalue weighted by Crippen LogP contribution is -2.29. The van der Waals surface area contributed by atoms with E-state index in [0.717, 1.165) is 22.9 Å². The monoisotopic (exact) mass is 438 g/mol. The number of nitriles is 1. The highest BCUT2D eigenvalue weighted by Gasteiger charge is 2.38. The number of rotatable bonds is 4. The predicted molar refractivity (Wildman–Crippen MR) is 98.1 cm³/mol. The molecule has 0 aliphatic heterocycles. The summed E-state index contributed by atoms with van der Waals surface area (Å²) in [5.41, 5.74) is 1.83. The van der Waals surface area contributed by atoms with Gasteiger partial charge in [-0.05, 0) is 18.2 Å². The number of nitrogen functional groups attached to an aromatic ring is 1. The van der Waals surface area contributed by atoms with E-state index in [1.807, 2.05) is 0 Å². The number of anilines is 1. The zero-order valence-corrected chi connectivity index (χ0v) is 15.5. The molecule has 0 aliphatic carbocycles. The number of hydrogen-bond acceptors (Lipinski definition) is 7. The van der Waals surface area contributed by atoms with E-state index in [2.05, 4.69) is 15.0 Å². The standard InChI is InChI=1S/C17H10ClF3N6O3/c18-10-1-8(4-22)2-11(3-10)30-12-13(17(19,20)21)25-7-27(15(12)29)6-9-5-24-16(23)26-14(9)28/h1-3,5,7H,6H2,(H3,23,24,26,28). The first kappa shape index (κ1) is 20.9. The van der Waals surface area contributed by atoms with E-state index < -0.39 is 35.3 Å². The number of benzene rings is 1. The van der Waals surface area contributed by atoms with Gasteiger partial charge in [0.1, 0.15) is 5.75 Å². The van der Waals surface area contributed by atoms with Gasteiger partial charge in [-0.3, -0.25) is 19.1 Å². The van der Waals surface area contributed by atoms with Crippen LogP contribution in [0.1, 0.15) is 16.8 Å². The first-order chi connectivity index (χ1) is 14.1. The highest BCUT2D eigenvalue weighted by Crippen LogP contribution is 2.35. The Morgan fingerprint density at radius 2 is 2.00 bits per heavy atom. The summed E-state index contributed by atoms with van der Waals surface area (Å²) >= 11 is 5.83. The van der Waals surface area contributed by atoms with Gasteiger partial charge in [-0.1, -0.05) is 11.6 Å². The first-order valence-corrected chi connectivity index (χ1v) is 8.35. The maximum Gasteiger partial charge on any atom is 0.437 e. The van der Waals surface area contributed by atoms with Crippen LogP contribution in [-0.4, -0.2) is 19.5 Å². The lowest BCUT2D eigenvalue weighted by molar-refractivity contribution is -0.142. The molecule has 0 amide bonds. The minimum atomic E-state index is -5.01. The lowest BCUT2D eigenvalue weighted by atomic mass is 10.2. The molecule has 0 atom stereocenters. The number of nitrogens with one attached hydrogen (secondary N) is 1. The van der Waals surface area contributed by atoms with Crippen molar-refractivity contribution in [2.75, 3.05) is 5.73 Å². The third-order valence-corrected chi connectivity index (χ3v) is 3.94. The molecule has 0 fully saturated rings. The van der Waals surface area contributed by atoms with E-state index in [9.17, 15) is 22.8 Å². The van der Waals surface area contributed by atoms with Crippen molar-refractivity contribution in [3.63, 3.8) is 0 Å². The van der Waals surface area contributed by atoms with Crippen LogP contribution in [0.5, 0.6) is 11.5 Å². The maximum absolute atomic E-state index is 13.4. The second-order valence-electron chi connectivity index (χ2n) is 5.87. The number of ether oxygens (including phenoxy) is 1. The smallest absolute Gasteiger partial charge is 0.437 e. The lowest BCUT2D eigenvalue weighted by Gasteiger charge is -2.14. The molecule has 3 aromatic rings. The number of nitrogens with zero attached hydrogens (tertiary/aromatic N) is 4. The number of hydrogen-bond donors (Lipinski definition) is 2. The van der Waals surface area contributed by atoms with E-state index in [1.165, 1.54) is 6.07 Å². The highest BCUT2D eigenvalue weighted by molar-refractivity contribution is 6.30. The molecular weight excluding hydrogens is 429 g/mol. The largest absolute Gasteiger partial charge is 0.449 e. The van der Waals surface area contributed by atoms with Crippen molar-refractivity contribution >= 4 is 17.5 Å². The van der Waals surface area contributed by atoms with Crippen LogP contribution < -0.4 is 21.6 Å². The van der Waals surface area contributed by atoms with Crippen molar-refractivity contribution in [1.82, 2.24) is 19.5 Å². The molecule has 0 radical (unpaired) electrons. The quantitative estimate of drug-likeness (QED) is 0.636. The van der Waals surface area contributed by atoms with Crippen molar-refractivity contribution in [1.29, 1.82) is 5.26 Å². The average molecular weight is 439 g/mol. The van der Waals surface area contributed by atoms with Crippen molar-refractivity contribution in [3.05, 3.63) is 73.3 Å². The van der Waals surface area contributed by atoms with Crippen molar-refractivity contribution in [2.45, 2.75) is 12.7 Å². The molecule has 0 bridgehead atoms. The summed E-state index contributed by atoms with van der Waals surface area (Å²) in [4.78, 5) is 33.8. The Balaban J connectivity index is 2.11. The van der Waals surface area contributed by atoms with Gasteiger partial charge in [-0.25, -0.2) is 9.97 Å². The Kier molecular flexibility index (Phi) is 5.48. The SMILES string of the molecule is N#Cc1cc(Cl)cc(Oc2c(C(F)(F)F)ncn(Cc3cnc(N)[nH]c3=O)c2=O)c1. The molecule has 1 aromatic carbocycles. The fourth-order valence-corrected chi connectivity index (χ4v) is 2.64. The van der Waals surface area contributed by atoms with Gasteiger partial charge in [0.2, 0.25) is 5.75 Å². The molecule has 0 saturated carbocycles. The predicted octanol–water partition coefficient (Wildman–Crippen LogP) is 2.29. The number of H-pyrrole nitrogens is 1. The van der Waals surface area contributed by atoms with Gasteiger partial charge >= 0.3 is 6.18 Å². The van der Waals surface area contributed by atoms with Gasteiger partial charge in [0.05, 0.1) is 30.1 Å². The Morgan fingerprint density at radius 3 is 2.63 bits per heavy atom.